The van der Waals surface area contributed by atoms with Gasteiger partial charge in [0.2, 0.25) is 5.91 Å². The number of carbonyl (C=O) groups excluding carboxylic acids is 1. The van der Waals surface area contributed by atoms with E-state index in [-0.39, 0.29) is 12.5 Å². The predicted octanol–water partition coefficient (Wildman–Crippen LogP) is 12.9. The number of hydrogen-bond acceptors (Lipinski definition) is 8. The van der Waals surface area contributed by atoms with Crippen LogP contribution in [0.4, 0.5) is 0 Å². The number of ether oxygens (including phenoxy) is 2. The van der Waals surface area contributed by atoms with Gasteiger partial charge in [0.25, 0.3) is 0 Å². The molecule has 0 spiro atoms. The highest BCUT2D eigenvalue weighted by Gasteiger charge is 2.44. The molecule has 6 N–H and O–H groups in total. The Kier molecular flexibility index (Phi) is 43.3. The minimum absolute atomic E-state index is 0.139. The van der Waals surface area contributed by atoms with Crippen molar-refractivity contribution in [2.75, 3.05) is 13.2 Å². The van der Waals surface area contributed by atoms with Crippen molar-refractivity contribution in [2.45, 2.75) is 269 Å². The number of amides is 1. The van der Waals surface area contributed by atoms with Gasteiger partial charge in [-0.25, -0.2) is 0 Å². The minimum Gasteiger partial charge on any atom is -0.394 e. The first-order chi connectivity index (χ1) is 32.3. The van der Waals surface area contributed by atoms with Gasteiger partial charge in [-0.15, -0.1) is 0 Å². The van der Waals surface area contributed by atoms with Crippen LogP contribution >= 0.6 is 0 Å². The van der Waals surface area contributed by atoms with Crippen LogP contribution in [0.2, 0.25) is 0 Å². The number of aliphatic hydroxyl groups excluding tert-OH is 5. The lowest BCUT2D eigenvalue weighted by Gasteiger charge is -2.40. The van der Waals surface area contributed by atoms with Gasteiger partial charge in [-0.3, -0.25) is 4.79 Å². The summed E-state index contributed by atoms with van der Waals surface area (Å²) < 4.78 is 11.2. The van der Waals surface area contributed by atoms with Gasteiger partial charge >= 0.3 is 0 Å². The van der Waals surface area contributed by atoms with Crippen molar-refractivity contribution in [1.82, 2.24) is 5.32 Å². The molecule has 1 rings (SSSR count). The summed E-state index contributed by atoms with van der Waals surface area (Å²) in [6, 6.07) is -0.718. The van der Waals surface area contributed by atoms with E-state index in [4.69, 9.17) is 9.47 Å². The maximum Gasteiger partial charge on any atom is 0.220 e. The van der Waals surface area contributed by atoms with E-state index in [1.54, 1.807) is 0 Å². The molecule has 66 heavy (non-hydrogen) atoms. The van der Waals surface area contributed by atoms with Crippen molar-refractivity contribution in [1.29, 1.82) is 0 Å². The molecule has 1 amide bonds. The summed E-state index contributed by atoms with van der Waals surface area (Å²) in [4.78, 5) is 13.0. The maximum atomic E-state index is 13.0. The molecule has 1 heterocycles. The van der Waals surface area contributed by atoms with Crippen molar-refractivity contribution in [2.24, 2.45) is 0 Å². The van der Waals surface area contributed by atoms with Gasteiger partial charge in [-0.2, -0.15) is 0 Å². The van der Waals surface area contributed by atoms with Gasteiger partial charge in [-0.1, -0.05) is 228 Å². The highest BCUT2D eigenvalue weighted by Crippen LogP contribution is 2.23. The molecule has 1 aliphatic heterocycles. The van der Waals surface area contributed by atoms with Gasteiger partial charge in [0.15, 0.2) is 6.29 Å². The first-order valence-electron chi connectivity index (χ1n) is 27.1. The van der Waals surface area contributed by atoms with E-state index in [1.807, 2.05) is 0 Å². The zero-order valence-corrected chi connectivity index (χ0v) is 42.2. The molecule has 1 fully saturated rings. The monoisotopic (exact) mass is 928 g/mol. The predicted molar refractivity (Wildman–Crippen MR) is 276 cm³/mol. The molecule has 0 radical (unpaired) electrons. The molecule has 1 saturated heterocycles. The third kappa shape index (κ3) is 35.7. The summed E-state index contributed by atoms with van der Waals surface area (Å²) in [6.07, 6.45) is 56.7. The zero-order valence-electron chi connectivity index (χ0n) is 42.2. The second-order valence-electron chi connectivity index (χ2n) is 18.6. The number of aliphatic hydroxyl groups is 5. The fraction of sp³-hybridized carbons (Fsp3) is 0.772. The smallest absolute Gasteiger partial charge is 0.220 e. The van der Waals surface area contributed by atoms with E-state index >= 15 is 0 Å². The lowest BCUT2D eigenvalue weighted by molar-refractivity contribution is -0.302. The van der Waals surface area contributed by atoms with E-state index in [0.717, 1.165) is 77.0 Å². The van der Waals surface area contributed by atoms with E-state index in [0.29, 0.717) is 12.8 Å². The van der Waals surface area contributed by atoms with Crippen LogP contribution < -0.4 is 5.32 Å². The second kappa shape index (κ2) is 46.4. The number of carbonyl (C=O) groups is 1. The highest BCUT2D eigenvalue weighted by molar-refractivity contribution is 5.76. The Hall–Kier alpha value is -2.37. The van der Waals surface area contributed by atoms with Crippen molar-refractivity contribution in [3.63, 3.8) is 0 Å². The average molecular weight is 928 g/mol. The van der Waals surface area contributed by atoms with Gasteiger partial charge in [0.05, 0.1) is 25.4 Å². The standard InChI is InChI=1S/C57H101NO8/c1-3-5-7-9-11-13-14-15-16-17-18-19-20-21-22-23-24-25-26-27-28-29-30-31-32-33-34-35-36-37-38-39-41-43-45-47-53(61)58-50(51(60)46-44-42-40-12-10-8-6-4-2)49-65-57-56(64)55(63)54(62)52(48-59)66-57/h5,7,11,13,15-16,18-19,21-22,24-25,50-52,54-57,59-60,62-64H,3-4,6,8-10,12,14,17,20,23,26-49H2,1-2H3,(H,58,61)/b7-5-,13-11-,16-15-,19-18-,22-21-,25-24-. The first kappa shape index (κ1) is 61.6. The number of nitrogens with one attached hydrogen (secondary N) is 1. The largest absolute Gasteiger partial charge is 0.394 e. The summed E-state index contributed by atoms with van der Waals surface area (Å²) in [5, 5.41) is 54.3. The third-order valence-electron chi connectivity index (χ3n) is 12.6. The molecule has 0 aromatic carbocycles. The quantitative estimate of drug-likeness (QED) is 0.0261. The van der Waals surface area contributed by atoms with Crippen molar-refractivity contribution in [3.8, 4) is 0 Å². The van der Waals surface area contributed by atoms with Gasteiger partial charge in [0.1, 0.15) is 24.4 Å². The first-order valence-corrected chi connectivity index (χ1v) is 27.1. The van der Waals surface area contributed by atoms with Crippen LogP contribution in [0, 0.1) is 0 Å². The molecule has 382 valence electrons. The highest BCUT2D eigenvalue weighted by atomic mass is 16.7. The summed E-state index contributed by atoms with van der Waals surface area (Å²) >= 11 is 0. The lowest BCUT2D eigenvalue weighted by Crippen LogP contribution is -2.60. The summed E-state index contributed by atoms with van der Waals surface area (Å²) in [5.74, 6) is -0.149. The maximum absolute atomic E-state index is 13.0. The average Bonchev–Trinajstić information content (AvgIpc) is 3.32. The molecule has 0 saturated carbocycles. The normalized spacial score (nSPS) is 20.4. The molecule has 7 atom stereocenters. The minimum atomic E-state index is -1.55. The molecule has 0 aromatic heterocycles. The number of unbranched alkanes of at least 4 members (excludes halogenated alkanes) is 23. The van der Waals surface area contributed by atoms with E-state index in [2.05, 4.69) is 92.1 Å². The molecule has 9 nitrogen and oxygen atoms in total. The Morgan fingerprint density at radius 1 is 0.530 bits per heavy atom. The molecular formula is C57H101NO8. The SMILES string of the molecule is CC/C=C\C/C=C\C/C=C\C/C=C\C/C=C\C/C=C\CCCCCCCCCCCCCCCCCCC(=O)NC(COC1OC(CO)C(O)C(O)C1O)C(O)CCCCCCCCCC. The van der Waals surface area contributed by atoms with Gasteiger partial charge < -0.3 is 40.3 Å². The fourth-order valence-electron chi connectivity index (χ4n) is 8.28. The molecular weight excluding hydrogens is 827 g/mol. The molecule has 1 aliphatic rings. The van der Waals surface area contributed by atoms with Crippen LogP contribution in [0.15, 0.2) is 72.9 Å². The van der Waals surface area contributed by atoms with E-state index in [1.165, 1.54) is 122 Å². The van der Waals surface area contributed by atoms with Crippen LogP contribution in [-0.2, 0) is 14.3 Å². The van der Waals surface area contributed by atoms with E-state index < -0.39 is 49.5 Å². The topological polar surface area (TPSA) is 149 Å². The van der Waals surface area contributed by atoms with E-state index in [9.17, 15) is 30.3 Å². The number of hydrogen-bond donors (Lipinski definition) is 6. The Bertz CT molecular complexity index is 1260. The molecule has 0 bridgehead atoms. The zero-order chi connectivity index (χ0) is 48.0. The van der Waals surface area contributed by atoms with Crippen LogP contribution in [0.3, 0.4) is 0 Å². The summed E-state index contributed by atoms with van der Waals surface area (Å²) in [6.45, 7) is 3.68. The summed E-state index contributed by atoms with van der Waals surface area (Å²) in [5.41, 5.74) is 0. The lowest BCUT2D eigenvalue weighted by atomic mass is 9.99. The molecule has 0 aromatic rings. The van der Waals surface area contributed by atoms with Crippen molar-refractivity contribution in [3.05, 3.63) is 72.9 Å². The number of allylic oxidation sites excluding steroid dienone is 12. The molecule has 7 unspecified atom stereocenters. The Labute approximate surface area is 404 Å². The fourth-order valence-corrected chi connectivity index (χ4v) is 8.28. The Morgan fingerprint density at radius 2 is 0.939 bits per heavy atom. The second-order valence-corrected chi connectivity index (χ2v) is 18.6. The Balaban J connectivity index is 2.06. The van der Waals surface area contributed by atoms with Gasteiger partial charge in [-0.05, 0) is 64.2 Å². The van der Waals surface area contributed by atoms with Gasteiger partial charge in [0, 0.05) is 6.42 Å². The molecule has 0 aliphatic carbocycles. The van der Waals surface area contributed by atoms with Crippen LogP contribution in [0.25, 0.3) is 0 Å². The van der Waals surface area contributed by atoms with Crippen molar-refractivity contribution < 1.29 is 39.8 Å². The third-order valence-corrected chi connectivity index (χ3v) is 12.6. The van der Waals surface area contributed by atoms with Crippen LogP contribution in [-0.4, -0.2) is 87.5 Å². The van der Waals surface area contributed by atoms with Crippen LogP contribution in [0.5, 0.6) is 0 Å². The summed E-state index contributed by atoms with van der Waals surface area (Å²) in [7, 11) is 0. The van der Waals surface area contributed by atoms with Crippen LogP contribution in [0.1, 0.15) is 226 Å². The number of rotatable bonds is 45. The van der Waals surface area contributed by atoms with Crippen molar-refractivity contribution >= 4 is 5.91 Å². The molecule has 9 heteroatoms. The Morgan fingerprint density at radius 3 is 1.39 bits per heavy atom.